The third kappa shape index (κ3) is 3.14. The number of hydrogen-bond donors (Lipinski definition) is 2. The Hall–Kier alpha value is -2.35. The number of ether oxygens (including phenoxy) is 2. The van der Waals surface area contributed by atoms with Crippen molar-refractivity contribution in [2.45, 2.75) is 32.0 Å². The lowest BCUT2D eigenvalue weighted by Gasteiger charge is -2.39. The highest BCUT2D eigenvalue weighted by atomic mass is 19.1. The van der Waals surface area contributed by atoms with Gasteiger partial charge in [0.15, 0.2) is 11.5 Å². The summed E-state index contributed by atoms with van der Waals surface area (Å²) in [4.78, 5) is 25.5. The fraction of sp³-hybridized carbons (Fsp3) is 0.500. The van der Waals surface area contributed by atoms with Crippen LogP contribution in [0.25, 0.3) is 0 Å². The van der Waals surface area contributed by atoms with E-state index in [0.29, 0.717) is 13.0 Å². The van der Waals surface area contributed by atoms with Gasteiger partial charge in [0.2, 0.25) is 0 Å². The lowest BCUT2D eigenvalue weighted by atomic mass is 9.98. The van der Waals surface area contributed by atoms with Gasteiger partial charge >= 0.3 is 0 Å². The Kier molecular flexibility index (Phi) is 5.61. The van der Waals surface area contributed by atoms with Crippen molar-refractivity contribution in [1.29, 1.82) is 0 Å². The summed E-state index contributed by atoms with van der Waals surface area (Å²) in [6.45, 7) is 2.07. The molecule has 0 aliphatic carbocycles. The number of nitrogens with one attached hydrogen (secondary N) is 1. The lowest BCUT2D eigenvalue weighted by Crippen LogP contribution is -2.57. The summed E-state index contributed by atoms with van der Waals surface area (Å²) in [5.74, 6) is -0.581. The Bertz CT molecular complexity index is 637. The molecule has 1 aromatic rings. The van der Waals surface area contributed by atoms with Crippen LogP contribution in [0.1, 0.15) is 41.9 Å². The molecule has 132 valence electrons. The number of hydrogen-bond acceptors (Lipinski definition) is 5. The first kappa shape index (κ1) is 18.0. The molecule has 0 saturated carbocycles. The van der Waals surface area contributed by atoms with Gasteiger partial charge in [0, 0.05) is 17.7 Å². The van der Waals surface area contributed by atoms with Crippen molar-refractivity contribution in [3.05, 3.63) is 23.3 Å². The molecule has 2 N–H and O–H groups in total. The van der Waals surface area contributed by atoms with E-state index >= 15 is 0 Å². The maximum Gasteiger partial charge on any atom is 0.266 e. The Morgan fingerprint density at radius 1 is 1.42 bits per heavy atom. The molecular weight excluding hydrogens is 319 g/mol. The molecule has 0 spiro atoms. The minimum Gasteiger partial charge on any atom is -0.493 e. The van der Waals surface area contributed by atoms with E-state index in [1.807, 2.05) is 0 Å². The fourth-order valence-corrected chi connectivity index (χ4v) is 2.71. The number of methoxy groups -OCH3 is 2. The van der Waals surface area contributed by atoms with Crippen LogP contribution in [0.2, 0.25) is 0 Å². The molecule has 1 saturated heterocycles. The Morgan fingerprint density at radius 2 is 2.12 bits per heavy atom. The molecule has 1 heterocycles. The number of benzene rings is 1. The van der Waals surface area contributed by atoms with Crippen molar-refractivity contribution in [2.24, 2.45) is 0 Å². The standard InChI is InChI=1S/C16H21FN2O5/c1-4-11(17)10-7-9(8-13(23-2)14(10)24-3)16(21)19-6-5-12(19)15(20)18-22/h7-8,11-12,22H,4-6H2,1-3H3,(H,18,20). The largest absolute Gasteiger partial charge is 0.493 e. The second kappa shape index (κ2) is 7.48. The average molecular weight is 340 g/mol. The highest BCUT2D eigenvalue weighted by Crippen LogP contribution is 2.39. The van der Waals surface area contributed by atoms with Crippen molar-refractivity contribution in [3.63, 3.8) is 0 Å². The van der Waals surface area contributed by atoms with Gasteiger partial charge in [0.1, 0.15) is 12.2 Å². The number of amides is 2. The topological polar surface area (TPSA) is 88.1 Å². The van der Waals surface area contributed by atoms with Gasteiger partial charge in [0.25, 0.3) is 11.8 Å². The van der Waals surface area contributed by atoms with E-state index in [0.717, 1.165) is 0 Å². The highest BCUT2D eigenvalue weighted by molar-refractivity contribution is 5.99. The van der Waals surface area contributed by atoms with Crippen LogP contribution in [-0.4, -0.2) is 48.7 Å². The minimum atomic E-state index is -1.31. The minimum absolute atomic E-state index is 0.203. The first-order valence-electron chi connectivity index (χ1n) is 7.63. The van der Waals surface area contributed by atoms with Gasteiger partial charge in [-0.1, -0.05) is 6.92 Å². The van der Waals surface area contributed by atoms with Gasteiger partial charge in [-0.2, -0.15) is 0 Å². The summed E-state index contributed by atoms with van der Waals surface area (Å²) in [5, 5.41) is 8.72. The van der Waals surface area contributed by atoms with Gasteiger partial charge < -0.3 is 14.4 Å². The lowest BCUT2D eigenvalue weighted by molar-refractivity contribution is -0.137. The number of hydroxylamine groups is 1. The van der Waals surface area contributed by atoms with E-state index in [-0.39, 0.29) is 29.0 Å². The first-order valence-corrected chi connectivity index (χ1v) is 7.63. The van der Waals surface area contributed by atoms with Gasteiger partial charge in [-0.05, 0) is 25.0 Å². The van der Waals surface area contributed by atoms with E-state index in [9.17, 15) is 14.0 Å². The Morgan fingerprint density at radius 3 is 2.58 bits per heavy atom. The molecule has 1 aliphatic heterocycles. The van der Waals surface area contributed by atoms with Gasteiger partial charge in [0.05, 0.1) is 14.2 Å². The zero-order valence-electron chi connectivity index (χ0n) is 13.8. The van der Waals surface area contributed by atoms with Gasteiger partial charge in [-0.25, -0.2) is 9.87 Å². The van der Waals surface area contributed by atoms with Crippen LogP contribution in [0, 0.1) is 0 Å². The van der Waals surface area contributed by atoms with E-state index in [4.69, 9.17) is 14.7 Å². The molecule has 1 aliphatic rings. The van der Waals surface area contributed by atoms with Crippen molar-refractivity contribution >= 4 is 11.8 Å². The predicted octanol–water partition coefficient (Wildman–Crippen LogP) is 1.84. The number of nitrogens with zero attached hydrogens (tertiary/aromatic N) is 1. The Labute approximate surface area is 139 Å². The molecule has 2 amide bonds. The van der Waals surface area contributed by atoms with Crippen molar-refractivity contribution in [2.75, 3.05) is 20.8 Å². The predicted molar refractivity (Wildman–Crippen MR) is 83.1 cm³/mol. The Balaban J connectivity index is 2.39. The molecular formula is C16H21FN2O5. The first-order chi connectivity index (χ1) is 11.5. The van der Waals surface area contributed by atoms with Crippen molar-refractivity contribution in [1.82, 2.24) is 10.4 Å². The summed E-state index contributed by atoms with van der Waals surface area (Å²) in [5.41, 5.74) is 1.98. The van der Waals surface area contributed by atoms with Crippen molar-refractivity contribution in [3.8, 4) is 11.5 Å². The fourth-order valence-electron chi connectivity index (χ4n) is 2.71. The number of rotatable bonds is 6. The van der Waals surface area contributed by atoms with E-state index in [1.54, 1.807) is 12.4 Å². The number of halogens is 1. The van der Waals surface area contributed by atoms with E-state index < -0.39 is 24.0 Å². The van der Waals surface area contributed by atoms with Crippen LogP contribution < -0.4 is 15.0 Å². The zero-order valence-corrected chi connectivity index (χ0v) is 13.8. The second-order valence-corrected chi connectivity index (χ2v) is 5.46. The molecule has 0 bridgehead atoms. The SMILES string of the molecule is CCC(F)c1cc(C(=O)N2CCC2C(=O)NO)cc(OC)c1OC. The summed E-state index contributed by atoms with van der Waals surface area (Å²) < 4.78 is 24.7. The molecule has 2 unspecified atom stereocenters. The van der Waals surface area contributed by atoms with Crippen LogP contribution >= 0.6 is 0 Å². The summed E-state index contributed by atoms with van der Waals surface area (Å²) in [6, 6.07) is 2.15. The van der Waals surface area contributed by atoms with Crippen LogP contribution in [0.4, 0.5) is 4.39 Å². The summed E-state index contributed by atoms with van der Waals surface area (Å²) in [7, 11) is 2.81. The van der Waals surface area contributed by atoms with Crippen LogP contribution in [0.15, 0.2) is 12.1 Å². The zero-order chi connectivity index (χ0) is 17.9. The van der Waals surface area contributed by atoms with Crippen LogP contribution in [0.5, 0.6) is 11.5 Å². The third-order valence-electron chi connectivity index (χ3n) is 4.14. The number of alkyl halides is 1. The van der Waals surface area contributed by atoms with Crippen LogP contribution in [-0.2, 0) is 4.79 Å². The van der Waals surface area contributed by atoms with Crippen LogP contribution in [0.3, 0.4) is 0 Å². The quantitative estimate of drug-likeness (QED) is 0.609. The molecule has 7 nitrogen and oxygen atoms in total. The summed E-state index contributed by atoms with van der Waals surface area (Å²) in [6.07, 6.45) is -0.635. The summed E-state index contributed by atoms with van der Waals surface area (Å²) >= 11 is 0. The highest BCUT2D eigenvalue weighted by Gasteiger charge is 2.38. The molecule has 2 atom stereocenters. The molecule has 0 aromatic heterocycles. The molecule has 0 radical (unpaired) electrons. The normalized spacial score (nSPS) is 17.7. The molecule has 24 heavy (non-hydrogen) atoms. The number of likely N-dealkylation sites (tertiary alicyclic amines) is 1. The van der Waals surface area contributed by atoms with Gasteiger partial charge in [-0.15, -0.1) is 0 Å². The van der Waals surface area contributed by atoms with E-state index in [2.05, 4.69) is 0 Å². The second-order valence-electron chi connectivity index (χ2n) is 5.46. The van der Waals surface area contributed by atoms with Gasteiger partial charge in [-0.3, -0.25) is 14.8 Å². The van der Waals surface area contributed by atoms with E-state index in [1.165, 1.54) is 31.3 Å². The third-order valence-corrected chi connectivity index (χ3v) is 4.14. The molecule has 1 fully saturated rings. The van der Waals surface area contributed by atoms with Crippen molar-refractivity contribution < 1.29 is 28.7 Å². The monoisotopic (exact) mass is 340 g/mol. The number of carbonyl (C=O) groups is 2. The molecule has 8 heteroatoms. The maximum absolute atomic E-state index is 14.3. The molecule has 1 aromatic carbocycles. The average Bonchev–Trinajstić information content (AvgIpc) is 2.58. The smallest absolute Gasteiger partial charge is 0.266 e. The molecule has 2 rings (SSSR count). The number of carbonyl (C=O) groups excluding carboxylic acids is 2. The maximum atomic E-state index is 14.3.